The SMILES string of the molecule is Nc1cc(NC(=O)c2ccc(OCC#CC3CC3)cn2)ccc1F. The first-order chi connectivity index (χ1) is 11.6. The number of amides is 1. The Balaban J connectivity index is 1.56. The molecule has 1 aliphatic carbocycles. The number of carbonyl (C=O) groups is 1. The zero-order valence-corrected chi connectivity index (χ0v) is 12.9. The molecular formula is C18H16FN3O2. The highest BCUT2D eigenvalue weighted by atomic mass is 19.1. The second-order valence-corrected chi connectivity index (χ2v) is 5.45. The molecule has 0 bridgehead atoms. The number of nitrogens with one attached hydrogen (secondary N) is 1. The average molecular weight is 325 g/mol. The molecule has 1 aromatic heterocycles. The number of nitrogen functional groups attached to an aromatic ring is 1. The van der Waals surface area contributed by atoms with Crippen molar-refractivity contribution in [3.63, 3.8) is 0 Å². The topological polar surface area (TPSA) is 77.2 Å². The lowest BCUT2D eigenvalue weighted by molar-refractivity contribution is 0.102. The van der Waals surface area contributed by atoms with E-state index in [1.165, 1.54) is 37.2 Å². The normalized spacial score (nSPS) is 12.9. The van der Waals surface area contributed by atoms with Crippen LogP contribution in [0.1, 0.15) is 23.3 Å². The Morgan fingerprint density at radius 2 is 2.21 bits per heavy atom. The van der Waals surface area contributed by atoms with Gasteiger partial charge in [-0.2, -0.15) is 0 Å². The summed E-state index contributed by atoms with van der Waals surface area (Å²) < 4.78 is 18.5. The van der Waals surface area contributed by atoms with Gasteiger partial charge in [-0.15, -0.1) is 0 Å². The van der Waals surface area contributed by atoms with E-state index in [0.717, 1.165) is 0 Å². The number of hydrogen-bond acceptors (Lipinski definition) is 4. The lowest BCUT2D eigenvalue weighted by Gasteiger charge is -2.07. The van der Waals surface area contributed by atoms with Crippen LogP contribution in [0.3, 0.4) is 0 Å². The summed E-state index contributed by atoms with van der Waals surface area (Å²) in [7, 11) is 0. The molecule has 6 heteroatoms. The molecule has 0 spiro atoms. The lowest BCUT2D eigenvalue weighted by atomic mass is 10.2. The summed E-state index contributed by atoms with van der Waals surface area (Å²) in [5, 5.41) is 2.61. The molecule has 1 heterocycles. The molecule has 0 unspecified atom stereocenters. The minimum atomic E-state index is -0.530. The van der Waals surface area contributed by atoms with Crippen LogP contribution < -0.4 is 15.8 Å². The minimum Gasteiger partial charge on any atom is -0.479 e. The van der Waals surface area contributed by atoms with Gasteiger partial charge in [-0.05, 0) is 43.2 Å². The maximum absolute atomic E-state index is 13.1. The first kappa shape index (κ1) is 15.8. The van der Waals surface area contributed by atoms with Gasteiger partial charge in [0.15, 0.2) is 0 Å². The third-order valence-corrected chi connectivity index (χ3v) is 3.42. The van der Waals surface area contributed by atoms with Gasteiger partial charge in [-0.1, -0.05) is 11.8 Å². The molecule has 0 radical (unpaired) electrons. The molecule has 0 aliphatic heterocycles. The van der Waals surface area contributed by atoms with Crippen LogP contribution in [-0.4, -0.2) is 17.5 Å². The number of anilines is 2. The molecule has 1 amide bonds. The predicted octanol–water partition coefficient (Wildman–Crippen LogP) is 2.85. The fraction of sp³-hybridized carbons (Fsp3) is 0.222. The summed E-state index contributed by atoms with van der Waals surface area (Å²) in [6, 6.07) is 7.17. The van der Waals surface area contributed by atoms with Gasteiger partial charge in [0.2, 0.25) is 0 Å². The van der Waals surface area contributed by atoms with Crippen molar-refractivity contribution in [1.82, 2.24) is 4.98 Å². The van der Waals surface area contributed by atoms with Crippen molar-refractivity contribution in [2.75, 3.05) is 17.7 Å². The van der Waals surface area contributed by atoms with E-state index in [-0.39, 0.29) is 11.4 Å². The molecule has 1 aromatic carbocycles. The Hall–Kier alpha value is -3.07. The standard InChI is InChI=1S/C18H16FN3O2/c19-15-7-5-13(10-16(15)20)22-18(23)17-8-6-14(11-21-17)24-9-1-2-12-3-4-12/h5-8,10-12H,3-4,9,20H2,(H,22,23). The average Bonchev–Trinajstić information content (AvgIpc) is 3.40. The van der Waals surface area contributed by atoms with Crippen molar-refractivity contribution in [2.24, 2.45) is 5.92 Å². The van der Waals surface area contributed by atoms with E-state index in [4.69, 9.17) is 10.5 Å². The van der Waals surface area contributed by atoms with Crippen LogP contribution in [0.15, 0.2) is 36.5 Å². The van der Waals surface area contributed by atoms with E-state index in [1.807, 2.05) is 0 Å². The fourth-order valence-electron chi connectivity index (χ4n) is 1.95. The van der Waals surface area contributed by atoms with Crippen LogP contribution in [-0.2, 0) is 0 Å². The molecule has 1 aliphatic rings. The third kappa shape index (κ3) is 4.23. The highest BCUT2D eigenvalue weighted by Gasteiger charge is 2.17. The van der Waals surface area contributed by atoms with Crippen molar-refractivity contribution in [3.8, 4) is 17.6 Å². The first-order valence-electron chi connectivity index (χ1n) is 7.55. The Kier molecular flexibility index (Phi) is 4.62. The van der Waals surface area contributed by atoms with E-state index in [2.05, 4.69) is 22.1 Å². The molecule has 0 saturated heterocycles. The number of benzene rings is 1. The Labute approximate surface area is 139 Å². The van der Waals surface area contributed by atoms with Crippen molar-refractivity contribution in [3.05, 3.63) is 48.0 Å². The maximum atomic E-state index is 13.1. The molecule has 3 rings (SSSR count). The summed E-state index contributed by atoms with van der Waals surface area (Å²) in [4.78, 5) is 16.1. The van der Waals surface area contributed by atoms with Gasteiger partial charge in [-0.25, -0.2) is 9.37 Å². The maximum Gasteiger partial charge on any atom is 0.274 e. The van der Waals surface area contributed by atoms with Crippen molar-refractivity contribution < 1.29 is 13.9 Å². The Morgan fingerprint density at radius 1 is 1.38 bits per heavy atom. The zero-order chi connectivity index (χ0) is 16.9. The molecule has 0 atom stereocenters. The van der Waals surface area contributed by atoms with Gasteiger partial charge in [0.1, 0.15) is 23.9 Å². The molecule has 24 heavy (non-hydrogen) atoms. The second kappa shape index (κ2) is 7.01. The largest absolute Gasteiger partial charge is 0.479 e. The number of nitrogens with two attached hydrogens (primary N) is 1. The van der Waals surface area contributed by atoms with Gasteiger partial charge in [0.05, 0.1) is 11.9 Å². The molecule has 122 valence electrons. The number of rotatable bonds is 4. The van der Waals surface area contributed by atoms with E-state index < -0.39 is 11.7 Å². The predicted molar refractivity (Wildman–Crippen MR) is 89.0 cm³/mol. The fourth-order valence-corrected chi connectivity index (χ4v) is 1.95. The summed E-state index contributed by atoms with van der Waals surface area (Å²) in [6.45, 7) is 0.304. The number of nitrogens with zero attached hydrogens (tertiary/aromatic N) is 1. The number of pyridine rings is 1. The van der Waals surface area contributed by atoms with Crippen LogP contribution in [0.2, 0.25) is 0 Å². The highest BCUT2D eigenvalue weighted by molar-refractivity contribution is 6.03. The van der Waals surface area contributed by atoms with Crippen molar-refractivity contribution >= 4 is 17.3 Å². The molecule has 2 aromatic rings. The molecule has 3 N–H and O–H groups in total. The summed E-state index contributed by atoms with van der Waals surface area (Å²) in [5.41, 5.74) is 6.05. The number of halogens is 1. The van der Waals surface area contributed by atoms with Gasteiger partial charge in [0, 0.05) is 11.6 Å². The number of aromatic nitrogens is 1. The lowest BCUT2D eigenvalue weighted by Crippen LogP contribution is -2.13. The van der Waals surface area contributed by atoms with E-state index in [0.29, 0.717) is 24.0 Å². The van der Waals surface area contributed by atoms with Crippen LogP contribution in [0.5, 0.6) is 5.75 Å². The zero-order valence-electron chi connectivity index (χ0n) is 12.9. The number of ether oxygens (including phenoxy) is 1. The smallest absolute Gasteiger partial charge is 0.274 e. The molecule has 1 fully saturated rings. The second-order valence-electron chi connectivity index (χ2n) is 5.45. The van der Waals surface area contributed by atoms with Crippen molar-refractivity contribution in [1.29, 1.82) is 0 Å². The minimum absolute atomic E-state index is 0.0307. The van der Waals surface area contributed by atoms with Gasteiger partial charge < -0.3 is 15.8 Å². The summed E-state index contributed by atoms with van der Waals surface area (Å²) in [5.74, 6) is 6.19. The monoisotopic (exact) mass is 325 g/mol. The van der Waals surface area contributed by atoms with Crippen LogP contribution in [0.4, 0.5) is 15.8 Å². The van der Waals surface area contributed by atoms with Gasteiger partial charge in [-0.3, -0.25) is 4.79 Å². The van der Waals surface area contributed by atoms with Gasteiger partial charge >= 0.3 is 0 Å². The summed E-state index contributed by atoms with van der Waals surface area (Å²) >= 11 is 0. The quantitative estimate of drug-likeness (QED) is 0.669. The van der Waals surface area contributed by atoms with Crippen LogP contribution >= 0.6 is 0 Å². The van der Waals surface area contributed by atoms with Crippen LogP contribution in [0, 0.1) is 23.6 Å². The van der Waals surface area contributed by atoms with E-state index in [9.17, 15) is 9.18 Å². The third-order valence-electron chi connectivity index (χ3n) is 3.42. The van der Waals surface area contributed by atoms with Crippen LogP contribution in [0.25, 0.3) is 0 Å². The Bertz CT molecular complexity index is 805. The summed E-state index contributed by atoms with van der Waals surface area (Å²) in [6.07, 6.45) is 3.82. The van der Waals surface area contributed by atoms with Crippen molar-refractivity contribution in [2.45, 2.75) is 12.8 Å². The first-order valence-corrected chi connectivity index (χ1v) is 7.55. The Morgan fingerprint density at radius 3 is 2.88 bits per heavy atom. The molecule has 5 nitrogen and oxygen atoms in total. The molecular weight excluding hydrogens is 309 g/mol. The molecule has 1 saturated carbocycles. The number of carbonyl (C=O) groups excluding carboxylic acids is 1. The van der Waals surface area contributed by atoms with Gasteiger partial charge in [0.25, 0.3) is 5.91 Å². The highest BCUT2D eigenvalue weighted by Crippen LogP contribution is 2.27. The van der Waals surface area contributed by atoms with E-state index >= 15 is 0 Å². The van der Waals surface area contributed by atoms with E-state index in [1.54, 1.807) is 12.1 Å². The number of hydrogen-bond donors (Lipinski definition) is 2.